The molecule has 1 aromatic carbocycles. The predicted octanol–water partition coefficient (Wildman–Crippen LogP) is 4.61. The summed E-state index contributed by atoms with van der Waals surface area (Å²) in [5.41, 5.74) is -1.17. The molecule has 3 rings (SSSR count). The van der Waals surface area contributed by atoms with Crippen molar-refractivity contribution in [2.75, 3.05) is 6.61 Å². The van der Waals surface area contributed by atoms with Crippen LogP contribution in [0.1, 0.15) is 46.8 Å². The summed E-state index contributed by atoms with van der Waals surface area (Å²) in [4.78, 5) is 26.2. The van der Waals surface area contributed by atoms with Gasteiger partial charge in [-0.3, -0.25) is 4.79 Å². The maximum atomic E-state index is 14.6. The highest BCUT2D eigenvalue weighted by Crippen LogP contribution is 2.41. The number of hydrogen-bond donors (Lipinski definition) is 1. The standard InChI is InChI=1S/C20H17F4NO3/c1-2-28-19(27)12-5-3-4-11(8-12)14-6-7-16(21)17(14)15-9-13(20(22,23)24)10-25-18(15)26/h3-5,8-10,16H,2,6-7H2,1H3,(H,25,26). The van der Waals surface area contributed by atoms with Gasteiger partial charge in [0, 0.05) is 17.3 Å². The molecular formula is C20H17F4NO3. The minimum atomic E-state index is -4.67. The number of aromatic nitrogens is 1. The smallest absolute Gasteiger partial charge is 0.417 e. The molecule has 28 heavy (non-hydrogen) atoms. The van der Waals surface area contributed by atoms with E-state index < -0.39 is 29.4 Å². The number of hydrogen-bond acceptors (Lipinski definition) is 3. The van der Waals surface area contributed by atoms with Crippen LogP contribution < -0.4 is 5.56 Å². The molecule has 0 aliphatic heterocycles. The second-order valence-electron chi connectivity index (χ2n) is 6.33. The number of ether oxygens (including phenoxy) is 1. The number of benzene rings is 1. The van der Waals surface area contributed by atoms with E-state index in [-0.39, 0.29) is 36.1 Å². The summed E-state index contributed by atoms with van der Waals surface area (Å²) in [5.74, 6) is -0.557. The highest BCUT2D eigenvalue weighted by Gasteiger charge is 2.34. The fourth-order valence-corrected chi connectivity index (χ4v) is 3.27. The molecular weight excluding hydrogens is 378 g/mol. The van der Waals surface area contributed by atoms with E-state index in [9.17, 15) is 27.2 Å². The van der Waals surface area contributed by atoms with Crippen LogP contribution in [0, 0.1) is 0 Å². The van der Waals surface area contributed by atoms with Gasteiger partial charge in [-0.1, -0.05) is 12.1 Å². The molecule has 1 heterocycles. The van der Waals surface area contributed by atoms with Crippen molar-refractivity contribution in [2.24, 2.45) is 0 Å². The van der Waals surface area contributed by atoms with Gasteiger partial charge in [0.05, 0.1) is 17.7 Å². The Bertz CT molecular complexity index is 991. The van der Waals surface area contributed by atoms with Gasteiger partial charge in [0.15, 0.2) is 0 Å². The summed E-state index contributed by atoms with van der Waals surface area (Å²) in [6, 6.07) is 6.89. The Hall–Kier alpha value is -2.90. The summed E-state index contributed by atoms with van der Waals surface area (Å²) in [6.07, 6.45) is -5.41. The number of nitrogens with one attached hydrogen (secondary N) is 1. The predicted molar refractivity (Wildman–Crippen MR) is 95.4 cm³/mol. The van der Waals surface area contributed by atoms with Crippen molar-refractivity contribution in [3.8, 4) is 0 Å². The van der Waals surface area contributed by atoms with Crippen molar-refractivity contribution in [3.63, 3.8) is 0 Å². The number of H-pyrrole nitrogens is 1. The Kier molecular flexibility index (Phi) is 5.40. The Morgan fingerprint density at radius 1 is 1.29 bits per heavy atom. The lowest BCUT2D eigenvalue weighted by Gasteiger charge is -2.13. The summed E-state index contributed by atoms with van der Waals surface area (Å²) >= 11 is 0. The topological polar surface area (TPSA) is 59.2 Å². The van der Waals surface area contributed by atoms with Crippen LogP contribution in [-0.2, 0) is 10.9 Å². The zero-order valence-corrected chi connectivity index (χ0v) is 14.9. The Morgan fingerprint density at radius 3 is 2.71 bits per heavy atom. The van der Waals surface area contributed by atoms with E-state index in [1.165, 1.54) is 12.1 Å². The second kappa shape index (κ2) is 7.61. The van der Waals surface area contributed by atoms with Gasteiger partial charge in [0.1, 0.15) is 6.17 Å². The minimum Gasteiger partial charge on any atom is -0.462 e. The highest BCUT2D eigenvalue weighted by molar-refractivity contribution is 5.97. The minimum absolute atomic E-state index is 0.0456. The molecule has 0 amide bonds. The van der Waals surface area contributed by atoms with Gasteiger partial charge in [0.25, 0.3) is 5.56 Å². The number of esters is 1. The van der Waals surface area contributed by atoms with Gasteiger partial charge in [-0.05, 0) is 49.1 Å². The Balaban J connectivity index is 2.14. The number of alkyl halides is 4. The van der Waals surface area contributed by atoms with Crippen molar-refractivity contribution in [1.29, 1.82) is 0 Å². The number of carbonyl (C=O) groups excluding carboxylic acids is 1. The van der Waals surface area contributed by atoms with Crippen molar-refractivity contribution < 1.29 is 27.1 Å². The SMILES string of the molecule is CCOC(=O)c1cccc(C2=C(c3cc(C(F)(F)F)c[nH]c3=O)C(F)CC2)c1. The molecule has 1 aliphatic carbocycles. The van der Waals surface area contributed by atoms with Crippen LogP contribution in [0.3, 0.4) is 0 Å². The molecule has 1 aromatic heterocycles. The molecule has 8 heteroatoms. The summed E-state index contributed by atoms with van der Waals surface area (Å²) < 4.78 is 58.7. The first-order chi connectivity index (χ1) is 13.2. The number of allylic oxidation sites excluding steroid dienone is 2. The number of carbonyl (C=O) groups is 1. The van der Waals surface area contributed by atoms with E-state index in [1.807, 2.05) is 4.98 Å². The van der Waals surface area contributed by atoms with E-state index >= 15 is 0 Å². The first-order valence-electron chi connectivity index (χ1n) is 8.67. The van der Waals surface area contributed by atoms with Gasteiger partial charge < -0.3 is 9.72 Å². The van der Waals surface area contributed by atoms with Gasteiger partial charge in [-0.2, -0.15) is 13.2 Å². The van der Waals surface area contributed by atoms with Crippen molar-refractivity contribution in [3.05, 3.63) is 69.1 Å². The molecule has 0 saturated heterocycles. The molecule has 0 radical (unpaired) electrons. The zero-order valence-electron chi connectivity index (χ0n) is 14.9. The maximum Gasteiger partial charge on any atom is 0.417 e. The van der Waals surface area contributed by atoms with E-state index in [0.717, 1.165) is 0 Å². The molecule has 1 aliphatic rings. The van der Waals surface area contributed by atoms with Crippen LogP contribution >= 0.6 is 0 Å². The van der Waals surface area contributed by atoms with Crippen molar-refractivity contribution in [2.45, 2.75) is 32.1 Å². The van der Waals surface area contributed by atoms with E-state index in [1.54, 1.807) is 19.1 Å². The highest BCUT2D eigenvalue weighted by atomic mass is 19.4. The molecule has 1 N–H and O–H groups in total. The third-order valence-electron chi connectivity index (χ3n) is 4.53. The number of pyridine rings is 1. The van der Waals surface area contributed by atoms with Gasteiger partial charge in [-0.15, -0.1) is 0 Å². The van der Waals surface area contributed by atoms with E-state index in [4.69, 9.17) is 4.74 Å². The molecule has 0 fully saturated rings. The second-order valence-corrected chi connectivity index (χ2v) is 6.33. The van der Waals surface area contributed by atoms with Crippen molar-refractivity contribution in [1.82, 2.24) is 4.98 Å². The molecule has 148 valence electrons. The lowest BCUT2D eigenvalue weighted by atomic mass is 9.95. The Labute approximate surface area is 157 Å². The fraction of sp³-hybridized carbons (Fsp3) is 0.300. The summed E-state index contributed by atoms with van der Waals surface area (Å²) in [5, 5.41) is 0. The third kappa shape index (κ3) is 3.85. The molecule has 1 unspecified atom stereocenters. The number of halogens is 4. The number of aromatic amines is 1. The normalized spacial score (nSPS) is 17.1. The quantitative estimate of drug-likeness (QED) is 0.607. The molecule has 0 bridgehead atoms. The first-order valence-corrected chi connectivity index (χ1v) is 8.67. The fourth-order valence-electron chi connectivity index (χ4n) is 3.27. The lowest BCUT2D eigenvalue weighted by molar-refractivity contribution is -0.137. The van der Waals surface area contributed by atoms with Crippen LogP contribution in [0.15, 0.2) is 41.3 Å². The van der Waals surface area contributed by atoms with Crippen LogP contribution in [0.5, 0.6) is 0 Å². The lowest BCUT2D eigenvalue weighted by Crippen LogP contribution is -2.18. The summed E-state index contributed by atoms with van der Waals surface area (Å²) in [6.45, 7) is 1.84. The maximum absolute atomic E-state index is 14.6. The van der Waals surface area contributed by atoms with Crippen molar-refractivity contribution >= 4 is 17.1 Å². The van der Waals surface area contributed by atoms with Gasteiger partial charge >= 0.3 is 12.1 Å². The molecule has 4 nitrogen and oxygen atoms in total. The Morgan fingerprint density at radius 2 is 2.04 bits per heavy atom. The number of rotatable bonds is 4. The van der Waals surface area contributed by atoms with Crippen LogP contribution in [-0.4, -0.2) is 23.7 Å². The van der Waals surface area contributed by atoms with Gasteiger partial charge in [0.2, 0.25) is 0 Å². The van der Waals surface area contributed by atoms with Gasteiger partial charge in [-0.25, -0.2) is 9.18 Å². The molecule has 2 aromatic rings. The largest absolute Gasteiger partial charge is 0.462 e. The average Bonchev–Trinajstić information content (AvgIpc) is 3.03. The monoisotopic (exact) mass is 395 g/mol. The third-order valence-corrected chi connectivity index (χ3v) is 4.53. The molecule has 0 spiro atoms. The summed E-state index contributed by atoms with van der Waals surface area (Å²) in [7, 11) is 0. The van der Waals surface area contributed by atoms with Crippen LogP contribution in [0.2, 0.25) is 0 Å². The van der Waals surface area contributed by atoms with Crippen LogP contribution in [0.4, 0.5) is 17.6 Å². The van der Waals surface area contributed by atoms with Crippen LogP contribution in [0.25, 0.3) is 11.1 Å². The van der Waals surface area contributed by atoms with E-state index in [0.29, 0.717) is 23.4 Å². The average molecular weight is 395 g/mol. The molecule has 0 saturated carbocycles. The van der Waals surface area contributed by atoms with E-state index in [2.05, 4.69) is 0 Å². The first kappa shape index (κ1) is 19.9. The molecule has 1 atom stereocenters. The zero-order chi connectivity index (χ0) is 20.5.